The number of benzene rings is 1. The minimum absolute atomic E-state index is 0.0907. The molecule has 1 aromatic rings. The van der Waals surface area contributed by atoms with E-state index in [9.17, 15) is 14.7 Å². The number of aromatic hydroxyl groups is 1. The second kappa shape index (κ2) is 7.82. The third-order valence-corrected chi connectivity index (χ3v) is 4.11. The van der Waals surface area contributed by atoms with E-state index >= 15 is 0 Å². The van der Waals surface area contributed by atoms with Crippen molar-refractivity contribution in [1.82, 2.24) is 5.32 Å². The van der Waals surface area contributed by atoms with E-state index in [0.717, 1.165) is 24.8 Å². The van der Waals surface area contributed by atoms with Gasteiger partial charge in [0.15, 0.2) is 6.61 Å². The fourth-order valence-electron chi connectivity index (χ4n) is 2.76. The SMILES string of the molecule is C[C@H]1CCCC[C@@H]1NC(=O)COC(=O)Cc1ccc(O)cc1. The van der Waals surface area contributed by atoms with Crippen molar-refractivity contribution in [3.8, 4) is 5.75 Å². The van der Waals surface area contributed by atoms with Crippen LogP contribution in [0.15, 0.2) is 24.3 Å². The van der Waals surface area contributed by atoms with E-state index < -0.39 is 5.97 Å². The van der Waals surface area contributed by atoms with Gasteiger partial charge in [0.2, 0.25) is 0 Å². The fourth-order valence-corrected chi connectivity index (χ4v) is 2.76. The molecular weight excluding hydrogens is 282 g/mol. The molecule has 5 heteroatoms. The smallest absolute Gasteiger partial charge is 0.310 e. The highest BCUT2D eigenvalue weighted by molar-refractivity contribution is 5.81. The van der Waals surface area contributed by atoms with Crippen molar-refractivity contribution < 1.29 is 19.4 Å². The van der Waals surface area contributed by atoms with Crippen LogP contribution in [0.3, 0.4) is 0 Å². The number of hydrogen-bond donors (Lipinski definition) is 2. The molecular formula is C17H23NO4. The first-order chi connectivity index (χ1) is 10.5. The van der Waals surface area contributed by atoms with E-state index in [2.05, 4.69) is 12.2 Å². The van der Waals surface area contributed by atoms with Gasteiger partial charge in [-0.1, -0.05) is 31.9 Å². The van der Waals surface area contributed by atoms with E-state index in [-0.39, 0.29) is 30.7 Å². The molecule has 1 amide bonds. The third kappa shape index (κ3) is 5.06. The molecule has 2 N–H and O–H groups in total. The summed E-state index contributed by atoms with van der Waals surface area (Å²) in [7, 11) is 0. The van der Waals surface area contributed by atoms with Crippen molar-refractivity contribution >= 4 is 11.9 Å². The Balaban J connectivity index is 1.71. The lowest BCUT2D eigenvalue weighted by molar-refractivity contribution is -0.148. The quantitative estimate of drug-likeness (QED) is 0.818. The average Bonchev–Trinajstić information content (AvgIpc) is 2.50. The lowest BCUT2D eigenvalue weighted by Gasteiger charge is -2.29. The molecule has 0 bridgehead atoms. The molecule has 1 aliphatic carbocycles. The van der Waals surface area contributed by atoms with Gasteiger partial charge in [-0.2, -0.15) is 0 Å². The highest BCUT2D eigenvalue weighted by Gasteiger charge is 2.23. The number of nitrogens with one attached hydrogen (secondary N) is 1. The second-order valence-corrected chi connectivity index (χ2v) is 5.94. The molecule has 2 atom stereocenters. The Morgan fingerprint density at radius 2 is 1.91 bits per heavy atom. The number of phenols is 1. The monoisotopic (exact) mass is 305 g/mol. The number of phenolic OH excluding ortho intramolecular Hbond substituents is 1. The van der Waals surface area contributed by atoms with E-state index in [1.807, 2.05) is 0 Å². The van der Waals surface area contributed by atoms with Gasteiger partial charge in [0.1, 0.15) is 5.75 Å². The fraction of sp³-hybridized carbons (Fsp3) is 0.529. The summed E-state index contributed by atoms with van der Waals surface area (Å²) >= 11 is 0. The van der Waals surface area contributed by atoms with Gasteiger partial charge in [0, 0.05) is 6.04 Å². The molecule has 1 aromatic carbocycles. The van der Waals surface area contributed by atoms with Crippen LogP contribution in [0.4, 0.5) is 0 Å². The molecule has 5 nitrogen and oxygen atoms in total. The Kier molecular flexibility index (Phi) is 5.81. The zero-order valence-corrected chi connectivity index (χ0v) is 12.9. The largest absolute Gasteiger partial charge is 0.508 e. The summed E-state index contributed by atoms with van der Waals surface area (Å²) in [5.41, 5.74) is 0.740. The molecule has 0 saturated heterocycles. The Morgan fingerprint density at radius 3 is 2.59 bits per heavy atom. The maximum absolute atomic E-state index is 11.8. The number of ether oxygens (including phenoxy) is 1. The van der Waals surface area contributed by atoms with Crippen molar-refractivity contribution in [2.75, 3.05) is 6.61 Å². The predicted molar refractivity (Wildman–Crippen MR) is 82.3 cm³/mol. The minimum Gasteiger partial charge on any atom is -0.508 e. The molecule has 22 heavy (non-hydrogen) atoms. The number of rotatable bonds is 5. The van der Waals surface area contributed by atoms with E-state index in [0.29, 0.717) is 5.92 Å². The first-order valence-corrected chi connectivity index (χ1v) is 7.77. The molecule has 0 radical (unpaired) electrons. The molecule has 0 unspecified atom stereocenters. The first kappa shape index (κ1) is 16.3. The van der Waals surface area contributed by atoms with Crippen molar-refractivity contribution in [2.24, 2.45) is 5.92 Å². The highest BCUT2D eigenvalue weighted by atomic mass is 16.5. The predicted octanol–water partition coefficient (Wildman–Crippen LogP) is 2.17. The van der Waals surface area contributed by atoms with Crippen LogP contribution in [0.2, 0.25) is 0 Å². The Hall–Kier alpha value is -2.04. The average molecular weight is 305 g/mol. The zero-order valence-electron chi connectivity index (χ0n) is 12.9. The number of hydrogen-bond acceptors (Lipinski definition) is 4. The first-order valence-electron chi connectivity index (χ1n) is 7.77. The molecule has 2 rings (SSSR count). The van der Waals surface area contributed by atoms with E-state index in [1.54, 1.807) is 12.1 Å². The van der Waals surface area contributed by atoms with Gasteiger partial charge in [0.05, 0.1) is 6.42 Å². The van der Waals surface area contributed by atoms with Crippen LogP contribution in [-0.2, 0) is 20.7 Å². The Morgan fingerprint density at radius 1 is 1.23 bits per heavy atom. The molecule has 0 aliphatic heterocycles. The normalized spacial score (nSPS) is 21.1. The summed E-state index contributed by atoms with van der Waals surface area (Å²) in [6.07, 6.45) is 4.57. The number of carbonyl (C=O) groups is 2. The molecule has 0 aromatic heterocycles. The maximum atomic E-state index is 11.8. The number of esters is 1. The molecule has 1 aliphatic rings. The van der Waals surface area contributed by atoms with Gasteiger partial charge in [-0.3, -0.25) is 9.59 Å². The van der Waals surface area contributed by atoms with Crippen LogP contribution in [0, 0.1) is 5.92 Å². The van der Waals surface area contributed by atoms with Crippen LogP contribution in [0.5, 0.6) is 5.75 Å². The van der Waals surface area contributed by atoms with Crippen molar-refractivity contribution in [3.63, 3.8) is 0 Å². The van der Waals surface area contributed by atoms with E-state index in [4.69, 9.17) is 4.74 Å². The molecule has 0 spiro atoms. The van der Waals surface area contributed by atoms with E-state index in [1.165, 1.54) is 18.6 Å². The lowest BCUT2D eigenvalue weighted by Crippen LogP contribution is -2.42. The van der Waals surface area contributed by atoms with Gasteiger partial charge in [-0.05, 0) is 36.5 Å². The van der Waals surface area contributed by atoms with Gasteiger partial charge < -0.3 is 15.2 Å². The molecule has 120 valence electrons. The second-order valence-electron chi connectivity index (χ2n) is 5.94. The van der Waals surface area contributed by atoms with Crippen LogP contribution in [0.1, 0.15) is 38.2 Å². The zero-order chi connectivity index (χ0) is 15.9. The minimum atomic E-state index is -0.447. The summed E-state index contributed by atoms with van der Waals surface area (Å²) in [5.74, 6) is -0.0566. The molecule has 0 heterocycles. The van der Waals surface area contributed by atoms with Crippen molar-refractivity contribution in [2.45, 2.75) is 45.1 Å². The van der Waals surface area contributed by atoms with Gasteiger partial charge in [-0.15, -0.1) is 0 Å². The maximum Gasteiger partial charge on any atom is 0.310 e. The van der Waals surface area contributed by atoms with Gasteiger partial charge in [-0.25, -0.2) is 0 Å². The summed E-state index contributed by atoms with van der Waals surface area (Å²) in [4.78, 5) is 23.5. The molecule has 1 saturated carbocycles. The topological polar surface area (TPSA) is 75.6 Å². The number of carbonyl (C=O) groups excluding carboxylic acids is 2. The number of amides is 1. The third-order valence-electron chi connectivity index (χ3n) is 4.11. The molecule has 1 fully saturated rings. The van der Waals surface area contributed by atoms with Gasteiger partial charge >= 0.3 is 5.97 Å². The summed E-state index contributed by atoms with van der Waals surface area (Å²) in [6, 6.07) is 6.53. The van der Waals surface area contributed by atoms with Crippen LogP contribution < -0.4 is 5.32 Å². The highest BCUT2D eigenvalue weighted by Crippen LogP contribution is 2.23. The lowest BCUT2D eigenvalue weighted by atomic mass is 9.86. The van der Waals surface area contributed by atoms with Gasteiger partial charge in [0.25, 0.3) is 5.91 Å². The van der Waals surface area contributed by atoms with Crippen molar-refractivity contribution in [3.05, 3.63) is 29.8 Å². The summed E-state index contributed by atoms with van der Waals surface area (Å²) in [6.45, 7) is 1.90. The van der Waals surface area contributed by atoms with Crippen LogP contribution >= 0.6 is 0 Å². The van der Waals surface area contributed by atoms with Crippen molar-refractivity contribution in [1.29, 1.82) is 0 Å². The summed E-state index contributed by atoms with van der Waals surface area (Å²) in [5, 5.41) is 12.1. The standard InChI is InChI=1S/C17H23NO4/c1-12-4-2-3-5-15(12)18-16(20)11-22-17(21)10-13-6-8-14(19)9-7-13/h6-9,12,15,19H,2-5,10-11H2,1H3,(H,18,20)/t12-,15-/m0/s1. The van der Waals surface area contributed by atoms with Crippen LogP contribution in [-0.4, -0.2) is 29.6 Å². The Bertz CT molecular complexity index is 512. The summed E-state index contributed by atoms with van der Waals surface area (Å²) < 4.78 is 5.00. The Labute approximate surface area is 130 Å². The van der Waals surface area contributed by atoms with Crippen LogP contribution in [0.25, 0.3) is 0 Å².